The van der Waals surface area contributed by atoms with E-state index in [0.29, 0.717) is 13.0 Å². The third-order valence-electron chi connectivity index (χ3n) is 3.78. The number of methoxy groups -OCH3 is 1. The highest BCUT2D eigenvalue weighted by molar-refractivity contribution is 5.43. The summed E-state index contributed by atoms with van der Waals surface area (Å²) >= 11 is 0. The predicted octanol–water partition coefficient (Wildman–Crippen LogP) is 3.26. The number of hydrogen-bond donors (Lipinski definition) is 0. The van der Waals surface area contributed by atoms with E-state index < -0.39 is 5.54 Å². The van der Waals surface area contributed by atoms with E-state index >= 15 is 0 Å². The summed E-state index contributed by atoms with van der Waals surface area (Å²) in [5.74, 6) is 1.46. The van der Waals surface area contributed by atoms with Crippen molar-refractivity contribution in [2.24, 2.45) is 0 Å². The van der Waals surface area contributed by atoms with Crippen LogP contribution in [0.2, 0.25) is 0 Å². The molecule has 0 aliphatic rings. The normalized spacial score (nSPS) is 13.6. The summed E-state index contributed by atoms with van der Waals surface area (Å²) in [6, 6.07) is 8.34. The van der Waals surface area contributed by atoms with Crippen LogP contribution in [0, 0.1) is 11.3 Å². The third-order valence-corrected chi connectivity index (χ3v) is 3.78. The van der Waals surface area contributed by atoms with Gasteiger partial charge in [-0.2, -0.15) is 5.26 Å². The molecular weight excluding hydrogens is 264 g/mol. The number of likely N-dealkylation sites (N-methyl/N-ethyl adjacent to an activating group) is 1. The lowest BCUT2D eigenvalue weighted by atomic mass is 9.92. The standard InChI is InChI=1S/C17H26N2O2/c1-6-19(7-2)17(4,13-18)12-14-9-10-15(20-5)16(11-14)21-8-3/h9-11H,6-8,12H2,1-5H3. The molecule has 0 aliphatic heterocycles. The molecule has 0 radical (unpaired) electrons. The van der Waals surface area contributed by atoms with Gasteiger partial charge in [-0.1, -0.05) is 19.9 Å². The van der Waals surface area contributed by atoms with Crippen molar-refractivity contribution in [3.63, 3.8) is 0 Å². The second-order valence-corrected chi connectivity index (χ2v) is 5.15. The largest absolute Gasteiger partial charge is 0.493 e. The van der Waals surface area contributed by atoms with Crippen molar-refractivity contribution in [1.29, 1.82) is 5.26 Å². The Balaban J connectivity index is 3.05. The maximum absolute atomic E-state index is 9.61. The van der Waals surface area contributed by atoms with Crippen LogP contribution in [-0.2, 0) is 6.42 Å². The summed E-state index contributed by atoms with van der Waals surface area (Å²) in [7, 11) is 1.63. The quantitative estimate of drug-likeness (QED) is 0.737. The lowest BCUT2D eigenvalue weighted by Crippen LogP contribution is -2.46. The molecule has 1 rings (SSSR count). The molecule has 4 heteroatoms. The first-order chi connectivity index (χ1) is 10.0. The van der Waals surface area contributed by atoms with Crippen LogP contribution < -0.4 is 9.47 Å². The minimum atomic E-state index is -0.512. The van der Waals surface area contributed by atoms with Crippen LogP contribution in [0.1, 0.15) is 33.3 Å². The molecule has 0 saturated heterocycles. The molecule has 0 bridgehead atoms. The zero-order chi connectivity index (χ0) is 15.9. The van der Waals surface area contributed by atoms with Gasteiger partial charge >= 0.3 is 0 Å². The molecule has 0 fully saturated rings. The Morgan fingerprint density at radius 2 is 1.86 bits per heavy atom. The van der Waals surface area contributed by atoms with Gasteiger partial charge in [-0.15, -0.1) is 0 Å². The van der Waals surface area contributed by atoms with Crippen LogP contribution in [0.25, 0.3) is 0 Å². The molecule has 0 heterocycles. The summed E-state index contributed by atoms with van der Waals surface area (Å²) in [5.41, 5.74) is 0.567. The molecule has 21 heavy (non-hydrogen) atoms. The van der Waals surface area contributed by atoms with E-state index in [-0.39, 0.29) is 0 Å². The van der Waals surface area contributed by atoms with Crippen molar-refractivity contribution in [2.45, 2.75) is 39.7 Å². The van der Waals surface area contributed by atoms with Gasteiger partial charge in [-0.25, -0.2) is 0 Å². The number of ether oxygens (including phenoxy) is 2. The summed E-state index contributed by atoms with van der Waals surface area (Å²) < 4.78 is 10.9. The molecule has 0 spiro atoms. The fraction of sp³-hybridized carbons (Fsp3) is 0.588. The average Bonchev–Trinajstić information content (AvgIpc) is 2.49. The molecule has 1 unspecified atom stereocenters. The van der Waals surface area contributed by atoms with Crippen molar-refractivity contribution >= 4 is 0 Å². The summed E-state index contributed by atoms with van der Waals surface area (Å²) in [6.45, 7) is 10.4. The molecule has 4 nitrogen and oxygen atoms in total. The van der Waals surface area contributed by atoms with Gasteiger partial charge in [0, 0.05) is 6.42 Å². The van der Waals surface area contributed by atoms with E-state index in [4.69, 9.17) is 9.47 Å². The fourth-order valence-electron chi connectivity index (χ4n) is 2.64. The number of benzene rings is 1. The first-order valence-electron chi connectivity index (χ1n) is 7.50. The van der Waals surface area contributed by atoms with Gasteiger partial charge in [0.15, 0.2) is 11.5 Å². The van der Waals surface area contributed by atoms with E-state index in [9.17, 15) is 5.26 Å². The lowest BCUT2D eigenvalue weighted by molar-refractivity contribution is 0.169. The van der Waals surface area contributed by atoms with Gasteiger partial charge < -0.3 is 9.47 Å². The number of nitrogens with zero attached hydrogens (tertiary/aromatic N) is 2. The second kappa shape index (κ2) is 7.90. The monoisotopic (exact) mass is 290 g/mol. The molecule has 1 aromatic rings. The van der Waals surface area contributed by atoms with Crippen LogP contribution in [0.15, 0.2) is 18.2 Å². The van der Waals surface area contributed by atoms with Crippen molar-refractivity contribution in [1.82, 2.24) is 4.90 Å². The first-order valence-corrected chi connectivity index (χ1v) is 7.50. The number of nitriles is 1. The van der Waals surface area contributed by atoms with E-state index in [1.807, 2.05) is 32.0 Å². The van der Waals surface area contributed by atoms with Crippen molar-refractivity contribution < 1.29 is 9.47 Å². The zero-order valence-corrected chi connectivity index (χ0v) is 13.8. The molecule has 0 aromatic heterocycles. The Morgan fingerprint density at radius 1 is 1.19 bits per heavy atom. The molecular formula is C17H26N2O2. The van der Waals surface area contributed by atoms with Crippen LogP contribution in [0.5, 0.6) is 11.5 Å². The molecule has 116 valence electrons. The molecule has 1 atom stereocenters. The van der Waals surface area contributed by atoms with E-state index in [2.05, 4.69) is 24.8 Å². The predicted molar refractivity (Wildman–Crippen MR) is 84.8 cm³/mol. The Kier molecular flexibility index (Phi) is 6.51. The van der Waals surface area contributed by atoms with Gasteiger partial charge in [0.2, 0.25) is 0 Å². The summed E-state index contributed by atoms with van der Waals surface area (Å²) in [6.07, 6.45) is 0.662. The van der Waals surface area contributed by atoms with Crippen LogP contribution in [-0.4, -0.2) is 37.2 Å². The Hall–Kier alpha value is -1.73. The molecule has 0 saturated carbocycles. The second-order valence-electron chi connectivity index (χ2n) is 5.15. The van der Waals surface area contributed by atoms with Gasteiger partial charge in [0.05, 0.1) is 19.8 Å². The maximum Gasteiger partial charge on any atom is 0.161 e. The Bertz CT molecular complexity index is 492. The SMILES string of the molecule is CCOc1cc(CC(C)(C#N)N(CC)CC)ccc1OC. The van der Waals surface area contributed by atoms with Crippen molar-refractivity contribution in [3.8, 4) is 17.6 Å². The van der Waals surface area contributed by atoms with Crippen LogP contribution >= 0.6 is 0 Å². The van der Waals surface area contributed by atoms with Gasteiger partial charge in [-0.05, 0) is 44.6 Å². The molecule has 0 N–H and O–H groups in total. The smallest absolute Gasteiger partial charge is 0.161 e. The van der Waals surface area contributed by atoms with Gasteiger partial charge in [0.1, 0.15) is 5.54 Å². The maximum atomic E-state index is 9.61. The van der Waals surface area contributed by atoms with E-state index in [0.717, 1.165) is 30.2 Å². The average molecular weight is 290 g/mol. The highest BCUT2D eigenvalue weighted by Gasteiger charge is 2.30. The molecule has 0 amide bonds. The minimum absolute atomic E-state index is 0.512. The Labute approximate surface area is 128 Å². The van der Waals surface area contributed by atoms with E-state index in [1.54, 1.807) is 7.11 Å². The highest BCUT2D eigenvalue weighted by Crippen LogP contribution is 2.30. The zero-order valence-electron chi connectivity index (χ0n) is 13.8. The van der Waals surface area contributed by atoms with Gasteiger partial charge in [-0.3, -0.25) is 4.90 Å². The number of rotatable bonds is 8. The van der Waals surface area contributed by atoms with Crippen molar-refractivity contribution in [3.05, 3.63) is 23.8 Å². The first kappa shape index (κ1) is 17.3. The third kappa shape index (κ3) is 4.12. The van der Waals surface area contributed by atoms with Crippen molar-refractivity contribution in [2.75, 3.05) is 26.8 Å². The molecule has 1 aromatic carbocycles. The van der Waals surface area contributed by atoms with Crippen LogP contribution in [0.3, 0.4) is 0 Å². The minimum Gasteiger partial charge on any atom is -0.493 e. The van der Waals surface area contributed by atoms with Gasteiger partial charge in [0.25, 0.3) is 0 Å². The Morgan fingerprint density at radius 3 is 2.33 bits per heavy atom. The van der Waals surface area contributed by atoms with Crippen LogP contribution in [0.4, 0.5) is 0 Å². The van der Waals surface area contributed by atoms with E-state index in [1.165, 1.54) is 0 Å². The molecule has 0 aliphatic carbocycles. The fourth-order valence-corrected chi connectivity index (χ4v) is 2.64. The lowest BCUT2D eigenvalue weighted by Gasteiger charge is -2.34. The summed E-state index contributed by atoms with van der Waals surface area (Å²) in [5, 5.41) is 9.61. The highest BCUT2D eigenvalue weighted by atomic mass is 16.5. The number of hydrogen-bond acceptors (Lipinski definition) is 4. The summed E-state index contributed by atoms with van der Waals surface area (Å²) in [4.78, 5) is 2.18. The topological polar surface area (TPSA) is 45.5 Å².